The summed E-state index contributed by atoms with van der Waals surface area (Å²) in [5.41, 5.74) is 2.54. The van der Waals surface area contributed by atoms with Crippen molar-refractivity contribution in [1.82, 2.24) is 10.3 Å². The second kappa shape index (κ2) is 10.2. The van der Waals surface area contributed by atoms with Crippen LogP contribution in [0.15, 0.2) is 65.9 Å². The molecule has 1 aromatic heterocycles. The summed E-state index contributed by atoms with van der Waals surface area (Å²) in [7, 11) is 0. The summed E-state index contributed by atoms with van der Waals surface area (Å²) < 4.78 is 38.9. The van der Waals surface area contributed by atoms with Crippen LogP contribution < -0.4 is 10.7 Å². The molecule has 1 heterocycles. The van der Waals surface area contributed by atoms with Crippen LogP contribution in [0.25, 0.3) is 0 Å². The molecule has 1 amide bonds. The lowest BCUT2D eigenvalue weighted by molar-refractivity contribution is -0.137. The molecular formula is C21H14Cl3F3N4O. The molecule has 32 heavy (non-hydrogen) atoms. The van der Waals surface area contributed by atoms with Gasteiger partial charge in [-0.3, -0.25) is 15.2 Å². The Kier molecular flexibility index (Phi) is 7.60. The van der Waals surface area contributed by atoms with E-state index < -0.39 is 23.6 Å². The molecule has 0 spiro atoms. The Balaban J connectivity index is 1.86. The molecule has 1 unspecified atom stereocenters. The Labute approximate surface area is 196 Å². The lowest BCUT2D eigenvalue weighted by Crippen LogP contribution is -2.30. The number of anilines is 1. The van der Waals surface area contributed by atoms with E-state index in [2.05, 4.69) is 20.8 Å². The van der Waals surface area contributed by atoms with Crippen LogP contribution in [-0.4, -0.2) is 17.2 Å². The molecule has 5 nitrogen and oxygen atoms in total. The number of carbonyl (C=O) groups excluding carboxylic acids is 1. The van der Waals surface area contributed by atoms with Gasteiger partial charge in [0.1, 0.15) is 12.3 Å². The smallest absolute Gasteiger partial charge is 0.315 e. The summed E-state index contributed by atoms with van der Waals surface area (Å²) in [4.78, 5) is 16.8. The van der Waals surface area contributed by atoms with Gasteiger partial charge in [0.25, 0.3) is 0 Å². The molecule has 1 atom stereocenters. The maximum atomic E-state index is 13.0. The molecule has 0 saturated carbocycles. The Morgan fingerprint density at radius 3 is 2.34 bits per heavy atom. The van der Waals surface area contributed by atoms with Crippen LogP contribution in [-0.2, 0) is 11.0 Å². The molecule has 2 aromatic carbocycles. The van der Waals surface area contributed by atoms with Crippen molar-refractivity contribution in [3.05, 3.63) is 92.7 Å². The highest BCUT2D eigenvalue weighted by Gasteiger charge is 2.33. The second-order valence-electron chi connectivity index (χ2n) is 6.43. The van der Waals surface area contributed by atoms with Crippen molar-refractivity contribution in [2.24, 2.45) is 5.10 Å². The number of hydrazone groups is 1. The number of para-hydroxylation sites is 1. The maximum absolute atomic E-state index is 13.0. The van der Waals surface area contributed by atoms with Crippen LogP contribution >= 0.6 is 34.8 Å². The fourth-order valence-corrected chi connectivity index (χ4v) is 3.32. The summed E-state index contributed by atoms with van der Waals surface area (Å²) in [6.45, 7) is 0. The molecule has 0 radical (unpaired) electrons. The van der Waals surface area contributed by atoms with Gasteiger partial charge in [0, 0.05) is 11.2 Å². The topological polar surface area (TPSA) is 66.4 Å². The lowest BCUT2D eigenvalue weighted by atomic mass is 9.94. The van der Waals surface area contributed by atoms with Gasteiger partial charge in [0.2, 0.25) is 5.91 Å². The fraction of sp³-hybridized carbons (Fsp3) is 0.0952. The highest BCUT2D eigenvalue weighted by Crippen LogP contribution is 2.35. The van der Waals surface area contributed by atoms with Gasteiger partial charge >= 0.3 is 6.18 Å². The highest BCUT2D eigenvalue weighted by atomic mass is 35.5. The van der Waals surface area contributed by atoms with Crippen molar-refractivity contribution in [3.63, 3.8) is 0 Å². The number of rotatable bonds is 6. The van der Waals surface area contributed by atoms with Crippen molar-refractivity contribution in [1.29, 1.82) is 0 Å². The number of pyridine rings is 1. The maximum Gasteiger partial charge on any atom is 0.417 e. The third kappa shape index (κ3) is 5.91. The number of nitrogens with one attached hydrogen (secondary N) is 2. The van der Waals surface area contributed by atoms with Crippen molar-refractivity contribution >= 4 is 52.7 Å². The van der Waals surface area contributed by atoms with Crippen LogP contribution in [0.2, 0.25) is 15.1 Å². The van der Waals surface area contributed by atoms with Crippen LogP contribution in [0.1, 0.15) is 22.7 Å². The molecule has 11 heteroatoms. The van der Waals surface area contributed by atoms with Gasteiger partial charge in [-0.25, -0.2) is 0 Å². The van der Waals surface area contributed by atoms with Gasteiger partial charge in [0.05, 0.1) is 27.0 Å². The number of hydrogen-bond donors (Lipinski definition) is 2. The van der Waals surface area contributed by atoms with Gasteiger partial charge in [-0.15, -0.1) is 0 Å². The standard InChI is InChI=1S/C21H14Cl3F3N4O/c22-14-7-5-12(6-8-14)18(19-16(24)9-13(10-28-19)21(25,26)27)20(32)29-11-30-31-17-4-2-1-3-15(17)23/h1-11,18,31H,(H,29,30,32). The molecular weight excluding hydrogens is 488 g/mol. The summed E-state index contributed by atoms with van der Waals surface area (Å²) >= 11 is 18.0. The van der Waals surface area contributed by atoms with Crippen molar-refractivity contribution in [2.75, 3.05) is 5.43 Å². The Hall–Kier alpha value is -2.81. The summed E-state index contributed by atoms with van der Waals surface area (Å²) in [5.74, 6) is -1.74. The number of halogens is 6. The average Bonchev–Trinajstić information content (AvgIpc) is 2.74. The van der Waals surface area contributed by atoms with E-state index in [1.165, 1.54) is 0 Å². The van der Waals surface area contributed by atoms with E-state index in [1.54, 1.807) is 48.5 Å². The average molecular weight is 502 g/mol. The van der Waals surface area contributed by atoms with E-state index in [0.717, 1.165) is 12.4 Å². The van der Waals surface area contributed by atoms with E-state index in [9.17, 15) is 18.0 Å². The first-order chi connectivity index (χ1) is 15.2. The number of benzene rings is 2. The fourth-order valence-electron chi connectivity index (χ4n) is 2.74. The number of alkyl halides is 3. The predicted molar refractivity (Wildman–Crippen MR) is 119 cm³/mol. The van der Waals surface area contributed by atoms with Crippen molar-refractivity contribution < 1.29 is 18.0 Å². The quantitative estimate of drug-likeness (QED) is 0.234. The zero-order valence-corrected chi connectivity index (χ0v) is 18.3. The van der Waals surface area contributed by atoms with Crippen LogP contribution in [0.5, 0.6) is 0 Å². The lowest BCUT2D eigenvalue weighted by Gasteiger charge is -2.18. The number of nitrogens with zero attached hydrogens (tertiary/aromatic N) is 2. The molecule has 166 valence electrons. The van der Waals surface area contributed by atoms with E-state index >= 15 is 0 Å². The van der Waals surface area contributed by atoms with Gasteiger partial charge < -0.3 is 5.32 Å². The minimum Gasteiger partial charge on any atom is -0.315 e. The van der Waals surface area contributed by atoms with Gasteiger partial charge in [-0.05, 0) is 35.9 Å². The molecule has 3 rings (SSSR count). The summed E-state index contributed by atoms with van der Waals surface area (Å²) in [6.07, 6.45) is -2.90. The first-order valence-corrected chi connectivity index (χ1v) is 10.1. The first-order valence-electron chi connectivity index (χ1n) is 8.97. The van der Waals surface area contributed by atoms with E-state index in [0.29, 0.717) is 27.5 Å². The largest absolute Gasteiger partial charge is 0.417 e. The minimum absolute atomic E-state index is 0.0491. The molecule has 3 aromatic rings. The van der Waals surface area contributed by atoms with Crippen molar-refractivity contribution in [2.45, 2.75) is 12.1 Å². The van der Waals surface area contributed by atoms with E-state index in [4.69, 9.17) is 34.8 Å². The predicted octanol–water partition coefficient (Wildman–Crippen LogP) is 6.36. The molecule has 0 saturated heterocycles. The first kappa shape index (κ1) is 23.8. The second-order valence-corrected chi connectivity index (χ2v) is 7.68. The molecule has 0 aliphatic heterocycles. The zero-order valence-electron chi connectivity index (χ0n) is 16.0. The molecule has 0 aliphatic carbocycles. The van der Waals surface area contributed by atoms with Gasteiger partial charge in [-0.1, -0.05) is 59.1 Å². The Morgan fingerprint density at radius 1 is 1.03 bits per heavy atom. The molecule has 0 aliphatic rings. The molecule has 2 N–H and O–H groups in total. The number of hydrogen-bond acceptors (Lipinski definition) is 4. The van der Waals surface area contributed by atoms with E-state index in [1.807, 2.05) is 0 Å². The Morgan fingerprint density at radius 2 is 1.72 bits per heavy atom. The monoisotopic (exact) mass is 500 g/mol. The molecule has 0 fully saturated rings. The van der Waals surface area contributed by atoms with E-state index in [-0.39, 0.29) is 10.7 Å². The molecule has 0 bridgehead atoms. The Bertz CT molecular complexity index is 1140. The van der Waals surface area contributed by atoms with Gasteiger partial charge in [0.15, 0.2) is 0 Å². The SMILES string of the molecule is O=C(NC=NNc1ccccc1Cl)C(c1ccc(Cl)cc1)c1ncc(C(F)(F)F)cc1Cl. The van der Waals surface area contributed by atoms with Crippen LogP contribution in [0, 0.1) is 0 Å². The van der Waals surface area contributed by atoms with Crippen LogP contribution in [0.3, 0.4) is 0 Å². The van der Waals surface area contributed by atoms with Crippen molar-refractivity contribution in [3.8, 4) is 0 Å². The zero-order chi connectivity index (χ0) is 23.3. The normalized spacial score (nSPS) is 12.6. The van der Waals surface area contributed by atoms with Crippen LogP contribution in [0.4, 0.5) is 18.9 Å². The van der Waals surface area contributed by atoms with Gasteiger partial charge in [-0.2, -0.15) is 18.3 Å². The number of carbonyl (C=O) groups is 1. The third-order valence-corrected chi connectivity index (χ3v) is 5.15. The summed E-state index contributed by atoms with van der Waals surface area (Å²) in [5, 5.41) is 6.89. The highest BCUT2D eigenvalue weighted by molar-refractivity contribution is 6.33. The minimum atomic E-state index is -4.62. The summed E-state index contributed by atoms with van der Waals surface area (Å²) in [6, 6.07) is 13.8. The third-order valence-electron chi connectivity index (χ3n) is 4.27. The number of amides is 1. The number of aromatic nitrogens is 1.